The van der Waals surface area contributed by atoms with Crippen LogP contribution in [0.15, 0.2) is 6.07 Å². The highest BCUT2D eigenvalue weighted by Gasteiger charge is 2.32. The van der Waals surface area contributed by atoms with Gasteiger partial charge in [0, 0.05) is 31.9 Å². The highest BCUT2D eigenvalue weighted by Crippen LogP contribution is 2.20. The average molecular weight is 355 g/mol. The van der Waals surface area contributed by atoms with Gasteiger partial charge in [0.15, 0.2) is 9.84 Å². The predicted molar refractivity (Wildman–Crippen MR) is 93.1 cm³/mol. The third-order valence-corrected chi connectivity index (χ3v) is 5.74. The van der Waals surface area contributed by atoms with Gasteiger partial charge in [-0.15, -0.1) is 0 Å². The van der Waals surface area contributed by atoms with Crippen molar-refractivity contribution in [2.75, 3.05) is 50.6 Å². The molecule has 0 aliphatic carbocycles. The van der Waals surface area contributed by atoms with Crippen LogP contribution in [0.4, 0.5) is 5.95 Å². The van der Waals surface area contributed by atoms with Crippen LogP contribution in [0.2, 0.25) is 0 Å². The van der Waals surface area contributed by atoms with Crippen molar-refractivity contribution >= 4 is 21.7 Å². The Morgan fingerprint density at radius 3 is 2.62 bits per heavy atom. The third kappa shape index (κ3) is 4.88. The molecule has 1 N–H and O–H groups in total. The number of likely N-dealkylation sites (N-methyl/N-ethyl adjacent to an activating group) is 1. The van der Waals surface area contributed by atoms with E-state index in [9.17, 15) is 13.2 Å². The molecule has 1 saturated heterocycles. The molecule has 2 rings (SSSR count). The standard InChI is InChI=1S/C15H25N5O3S/c1-11-9-13(14(21)16-6-7-19(2)3)18-15(17-11)20(4)12-5-8-24(22,23)10-12/h9,12H,5-8,10H2,1-4H3,(H,16,21). The lowest BCUT2D eigenvalue weighted by Gasteiger charge is -2.23. The molecule has 1 fully saturated rings. The molecule has 1 aromatic rings. The Balaban J connectivity index is 2.11. The quantitative estimate of drug-likeness (QED) is 0.748. The van der Waals surface area contributed by atoms with Gasteiger partial charge in [0.1, 0.15) is 5.69 Å². The summed E-state index contributed by atoms with van der Waals surface area (Å²) in [7, 11) is 2.65. The van der Waals surface area contributed by atoms with Crippen molar-refractivity contribution in [1.82, 2.24) is 20.2 Å². The molecule has 1 aliphatic rings. The molecular formula is C15H25N5O3S. The number of rotatable bonds is 6. The van der Waals surface area contributed by atoms with E-state index in [1.807, 2.05) is 19.0 Å². The van der Waals surface area contributed by atoms with Crippen LogP contribution < -0.4 is 10.2 Å². The first-order valence-corrected chi connectivity index (χ1v) is 9.72. The number of aryl methyl sites for hydroxylation is 1. The first-order chi connectivity index (χ1) is 11.2. The summed E-state index contributed by atoms with van der Waals surface area (Å²) in [6.45, 7) is 3.06. The molecule has 9 heteroatoms. The second-order valence-electron chi connectivity index (χ2n) is 6.42. The molecule has 0 spiro atoms. The summed E-state index contributed by atoms with van der Waals surface area (Å²) in [5.41, 5.74) is 0.967. The molecule has 0 aromatic carbocycles. The Hall–Kier alpha value is -1.74. The molecule has 1 aromatic heterocycles. The number of carbonyl (C=O) groups is 1. The lowest BCUT2D eigenvalue weighted by atomic mass is 10.2. The van der Waals surface area contributed by atoms with Gasteiger partial charge in [-0.3, -0.25) is 4.79 Å². The minimum absolute atomic E-state index is 0.102. The first kappa shape index (κ1) is 18.6. The van der Waals surface area contributed by atoms with Gasteiger partial charge in [-0.25, -0.2) is 18.4 Å². The molecule has 1 unspecified atom stereocenters. The van der Waals surface area contributed by atoms with Crippen LogP contribution in [-0.2, 0) is 9.84 Å². The highest BCUT2D eigenvalue weighted by molar-refractivity contribution is 7.91. The van der Waals surface area contributed by atoms with E-state index >= 15 is 0 Å². The minimum Gasteiger partial charge on any atom is -0.349 e. The zero-order valence-electron chi connectivity index (χ0n) is 14.6. The molecule has 0 bridgehead atoms. The van der Waals surface area contributed by atoms with Crippen LogP contribution in [0, 0.1) is 6.92 Å². The zero-order valence-corrected chi connectivity index (χ0v) is 15.4. The van der Waals surface area contributed by atoms with Gasteiger partial charge < -0.3 is 15.1 Å². The molecular weight excluding hydrogens is 330 g/mol. The molecule has 8 nitrogen and oxygen atoms in total. The Kier molecular flexibility index (Phi) is 5.76. The summed E-state index contributed by atoms with van der Waals surface area (Å²) in [5, 5.41) is 2.82. The maximum absolute atomic E-state index is 12.2. The summed E-state index contributed by atoms with van der Waals surface area (Å²) in [6.07, 6.45) is 0.556. The van der Waals surface area contributed by atoms with E-state index in [4.69, 9.17) is 0 Å². The van der Waals surface area contributed by atoms with E-state index in [1.54, 1.807) is 24.9 Å². The van der Waals surface area contributed by atoms with Crippen LogP contribution in [0.1, 0.15) is 22.6 Å². The van der Waals surface area contributed by atoms with E-state index in [1.165, 1.54) is 0 Å². The largest absolute Gasteiger partial charge is 0.349 e. The fourth-order valence-electron chi connectivity index (χ4n) is 2.55. The van der Waals surface area contributed by atoms with Crippen LogP contribution in [0.3, 0.4) is 0 Å². The highest BCUT2D eigenvalue weighted by atomic mass is 32.2. The molecule has 1 amide bonds. The van der Waals surface area contributed by atoms with Crippen molar-refractivity contribution in [1.29, 1.82) is 0 Å². The van der Waals surface area contributed by atoms with Crippen LogP contribution in [0.5, 0.6) is 0 Å². The summed E-state index contributed by atoms with van der Waals surface area (Å²) >= 11 is 0. The lowest BCUT2D eigenvalue weighted by molar-refractivity contribution is 0.0946. The van der Waals surface area contributed by atoms with E-state index in [0.717, 1.165) is 6.54 Å². The SMILES string of the molecule is Cc1cc(C(=O)NCCN(C)C)nc(N(C)C2CCS(=O)(=O)C2)n1. The number of sulfone groups is 1. The topological polar surface area (TPSA) is 95.5 Å². The third-order valence-electron chi connectivity index (χ3n) is 3.99. The second kappa shape index (κ2) is 7.43. The first-order valence-electron chi connectivity index (χ1n) is 7.90. The van der Waals surface area contributed by atoms with Crippen LogP contribution >= 0.6 is 0 Å². The number of anilines is 1. The number of aromatic nitrogens is 2. The van der Waals surface area contributed by atoms with Gasteiger partial charge in [0.25, 0.3) is 5.91 Å². The Labute approximate surface area is 143 Å². The van der Waals surface area contributed by atoms with Crippen molar-refractivity contribution in [2.24, 2.45) is 0 Å². The molecule has 24 heavy (non-hydrogen) atoms. The Morgan fingerprint density at radius 1 is 1.33 bits per heavy atom. The van der Waals surface area contributed by atoms with Crippen molar-refractivity contribution in [3.05, 3.63) is 17.5 Å². The number of amides is 1. The maximum atomic E-state index is 12.2. The molecule has 1 atom stereocenters. The van der Waals surface area contributed by atoms with Gasteiger partial charge in [-0.2, -0.15) is 0 Å². The fraction of sp³-hybridized carbons (Fsp3) is 0.667. The monoisotopic (exact) mass is 355 g/mol. The Morgan fingerprint density at radius 2 is 2.04 bits per heavy atom. The maximum Gasteiger partial charge on any atom is 0.270 e. The van der Waals surface area contributed by atoms with Crippen molar-refractivity contribution in [3.63, 3.8) is 0 Å². The number of hydrogen-bond acceptors (Lipinski definition) is 7. The summed E-state index contributed by atoms with van der Waals surface area (Å²) in [4.78, 5) is 24.6. The van der Waals surface area contributed by atoms with E-state index in [0.29, 0.717) is 30.3 Å². The Bertz CT molecular complexity index is 705. The smallest absolute Gasteiger partial charge is 0.270 e. The molecule has 2 heterocycles. The van der Waals surface area contributed by atoms with Gasteiger partial charge in [-0.1, -0.05) is 0 Å². The van der Waals surface area contributed by atoms with E-state index in [-0.39, 0.29) is 23.5 Å². The van der Waals surface area contributed by atoms with Crippen molar-refractivity contribution in [2.45, 2.75) is 19.4 Å². The van der Waals surface area contributed by atoms with Crippen LogP contribution in [0.25, 0.3) is 0 Å². The van der Waals surface area contributed by atoms with Crippen molar-refractivity contribution in [3.8, 4) is 0 Å². The van der Waals surface area contributed by atoms with Crippen LogP contribution in [-0.4, -0.2) is 81.0 Å². The molecule has 1 aliphatic heterocycles. The fourth-order valence-corrected chi connectivity index (χ4v) is 4.33. The predicted octanol–water partition coefficient (Wildman–Crippen LogP) is -0.300. The van der Waals surface area contributed by atoms with Crippen molar-refractivity contribution < 1.29 is 13.2 Å². The lowest BCUT2D eigenvalue weighted by Crippen LogP contribution is -2.35. The summed E-state index contributed by atoms with van der Waals surface area (Å²) in [5.74, 6) is 0.419. The number of hydrogen-bond donors (Lipinski definition) is 1. The molecule has 134 valence electrons. The minimum atomic E-state index is -2.99. The summed E-state index contributed by atoms with van der Waals surface area (Å²) in [6, 6.07) is 1.48. The number of nitrogens with one attached hydrogen (secondary N) is 1. The second-order valence-corrected chi connectivity index (χ2v) is 8.65. The average Bonchev–Trinajstić information content (AvgIpc) is 2.85. The zero-order chi connectivity index (χ0) is 17.9. The number of carbonyl (C=O) groups excluding carboxylic acids is 1. The van der Waals surface area contributed by atoms with Gasteiger partial charge >= 0.3 is 0 Å². The number of nitrogens with zero attached hydrogens (tertiary/aromatic N) is 4. The van der Waals surface area contributed by atoms with E-state index in [2.05, 4.69) is 15.3 Å². The van der Waals surface area contributed by atoms with E-state index < -0.39 is 9.84 Å². The molecule has 0 saturated carbocycles. The van der Waals surface area contributed by atoms with Gasteiger partial charge in [0.2, 0.25) is 5.95 Å². The summed E-state index contributed by atoms with van der Waals surface area (Å²) < 4.78 is 23.3. The van der Waals surface area contributed by atoms with Gasteiger partial charge in [0.05, 0.1) is 11.5 Å². The molecule has 0 radical (unpaired) electrons. The van der Waals surface area contributed by atoms with Gasteiger partial charge in [-0.05, 0) is 33.5 Å². The normalized spacial score (nSPS) is 19.5.